The molecule has 1 fully saturated rings. The molecule has 0 saturated heterocycles. The summed E-state index contributed by atoms with van der Waals surface area (Å²) in [5.41, 5.74) is 8.14. The van der Waals surface area contributed by atoms with Gasteiger partial charge in [0.2, 0.25) is 5.91 Å². The van der Waals surface area contributed by atoms with Gasteiger partial charge in [-0.25, -0.2) is 5.48 Å². The van der Waals surface area contributed by atoms with Gasteiger partial charge in [-0.1, -0.05) is 12.8 Å². The summed E-state index contributed by atoms with van der Waals surface area (Å²) in [5, 5.41) is 0. The average molecular weight is 230 g/mol. The zero-order chi connectivity index (χ0) is 11.8. The number of nitrogens with one attached hydrogen (secondary N) is 1. The number of carbonyl (C=O) groups is 1. The molecule has 1 saturated carbocycles. The maximum absolute atomic E-state index is 11.8. The standard InChI is InChI=1S/C11H22N2O3/c1-15-6-7-16-13-11(14)10-5-3-2-4-9(10)8-12/h9-10H,2-8,12H2,1H3,(H,13,14). The molecule has 1 rings (SSSR count). The summed E-state index contributed by atoms with van der Waals surface area (Å²) in [7, 11) is 1.59. The van der Waals surface area contributed by atoms with Crippen molar-refractivity contribution in [3.05, 3.63) is 0 Å². The van der Waals surface area contributed by atoms with Crippen molar-refractivity contribution in [3.8, 4) is 0 Å². The highest BCUT2D eigenvalue weighted by Crippen LogP contribution is 2.29. The molecule has 0 aromatic heterocycles. The van der Waals surface area contributed by atoms with E-state index < -0.39 is 0 Å². The normalized spacial score (nSPS) is 25.4. The predicted octanol–water partition coefficient (Wildman–Crippen LogP) is 0.446. The SMILES string of the molecule is COCCONC(=O)C1CCCCC1CN. The Morgan fingerprint density at radius 3 is 2.81 bits per heavy atom. The highest BCUT2D eigenvalue weighted by Gasteiger charge is 2.29. The second-order valence-corrected chi connectivity index (χ2v) is 4.19. The monoisotopic (exact) mass is 230 g/mol. The van der Waals surface area contributed by atoms with Crippen LogP contribution in [-0.2, 0) is 14.4 Å². The van der Waals surface area contributed by atoms with E-state index in [2.05, 4.69) is 5.48 Å². The Balaban J connectivity index is 2.27. The molecule has 94 valence electrons. The number of hydrogen-bond acceptors (Lipinski definition) is 4. The second-order valence-electron chi connectivity index (χ2n) is 4.19. The van der Waals surface area contributed by atoms with Gasteiger partial charge in [0.25, 0.3) is 0 Å². The first-order valence-corrected chi connectivity index (χ1v) is 5.90. The van der Waals surface area contributed by atoms with E-state index in [-0.39, 0.29) is 11.8 Å². The average Bonchev–Trinajstić information content (AvgIpc) is 2.34. The van der Waals surface area contributed by atoms with E-state index in [1.807, 2.05) is 0 Å². The molecule has 1 amide bonds. The highest BCUT2D eigenvalue weighted by molar-refractivity contribution is 5.78. The van der Waals surface area contributed by atoms with Crippen molar-refractivity contribution in [3.63, 3.8) is 0 Å². The van der Waals surface area contributed by atoms with Crippen molar-refractivity contribution < 1.29 is 14.4 Å². The van der Waals surface area contributed by atoms with Gasteiger partial charge in [0.05, 0.1) is 13.2 Å². The molecular formula is C11H22N2O3. The van der Waals surface area contributed by atoms with Crippen LogP contribution in [0.15, 0.2) is 0 Å². The van der Waals surface area contributed by atoms with Gasteiger partial charge in [0, 0.05) is 13.0 Å². The first-order chi connectivity index (χ1) is 7.79. The minimum Gasteiger partial charge on any atom is -0.382 e. The Morgan fingerprint density at radius 2 is 2.12 bits per heavy atom. The number of hydrogen-bond donors (Lipinski definition) is 2. The Bertz CT molecular complexity index is 211. The fourth-order valence-corrected chi connectivity index (χ4v) is 2.16. The lowest BCUT2D eigenvalue weighted by atomic mass is 9.79. The van der Waals surface area contributed by atoms with Crippen LogP contribution >= 0.6 is 0 Å². The van der Waals surface area contributed by atoms with Crippen LogP contribution in [0.3, 0.4) is 0 Å². The fraction of sp³-hybridized carbons (Fsp3) is 0.909. The number of carbonyl (C=O) groups excluding carboxylic acids is 1. The summed E-state index contributed by atoms with van der Waals surface area (Å²) in [4.78, 5) is 16.8. The zero-order valence-electron chi connectivity index (χ0n) is 9.91. The Labute approximate surface area is 96.6 Å². The van der Waals surface area contributed by atoms with Gasteiger partial charge in [0.15, 0.2) is 0 Å². The van der Waals surface area contributed by atoms with Gasteiger partial charge >= 0.3 is 0 Å². The molecule has 0 aliphatic heterocycles. The molecule has 5 heteroatoms. The topological polar surface area (TPSA) is 73.6 Å². The van der Waals surface area contributed by atoms with E-state index in [4.69, 9.17) is 15.3 Å². The van der Waals surface area contributed by atoms with Gasteiger partial charge < -0.3 is 10.5 Å². The van der Waals surface area contributed by atoms with E-state index in [0.717, 1.165) is 19.3 Å². The van der Waals surface area contributed by atoms with Crippen LogP contribution in [0, 0.1) is 11.8 Å². The van der Waals surface area contributed by atoms with Gasteiger partial charge in [0.1, 0.15) is 0 Å². The van der Waals surface area contributed by atoms with Gasteiger partial charge in [-0.05, 0) is 25.3 Å². The van der Waals surface area contributed by atoms with E-state index in [9.17, 15) is 4.79 Å². The maximum Gasteiger partial charge on any atom is 0.246 e. The Morgan fingerprint density at radius 1 is 1.38 bits per heavy atom. The van der Waals surface area contributed by atoms with Crippen LogP contribution in [0.1, 0.15) is 25.7 Å². The van der Waals surface area contributed by atoms with Crippen molar-refractivity contribution in [2.45, 2.75) is 25.7 Å². The summed E-state index contributed by atoms with van der Waals surface area (Å²) >= 11 is 0. The second kappa shape index (κ2) is 7.60. The molecule has 0 radical (unpaired) electrons. The Kier molecular flexibility index (Phi) is 6.37. The van der Waals surface area contributed by atoms with Crippen molar-refractivity contribution in [1.82, 2.24) is 5.48 Å². The molecule has 2 atom stereocenters. The minimum atomic E-state index is -0.0359. The van der Waals surface area contributed by atoms with Crippen LogP contribution in [0.5, 0.6) is 0 Å². The van der Waals surface area contributed by atoms with E-state index in [1.165, 1.54) is 6.42 Å². The third kappa shape index (κ3) is 4.08. The van der Waals surface area contributed by atoms with Gasteiger partial charge in [-0.15, -0.1) is 0 Å². The molecule has 3 N–H and O–H groups in total. The molecule has 0 bridgehead atoms. The minimum absolute atomic E-state index is 0.0151. The first kappa shape index (κ1) is 13.4. The highest BCUT2D eigenvalue weighted by atomic mass is 16.7. The molecule has 16 heavy (non-hydrogen) atoms. The number of methoxy groups -OCH3 is 1. The number of ether oxygens (including phenoxy) is 1. The summed E-state index contributed by atoms with van der Waals surface area (Å²) in [5.74, 6) is 0.285. The lowest BCUT2D eigenvalue weighted by molar-refractivity contribution is -0.141. The number of nitrogens with two attached hydrogens (primary N) is 1. The van der Waals surface area contributed by atoms with Crippen molar-refractivity contribution >= 4 is 5.91 Å². The van der Waals surface area contributed by atoms with Crippen LogP contribution in [0.25, 0.3) is 0 Å². The number of amides is 1. The smallest absolute Gasteiger partial charge is 0.246 e. The number of hydroxylamine groups is 1. The molecule has 1 aliphatic rings. The molecule has 0 heterocycles. The van der Waals surface area contributed by atoms with Crippen molar-refractivity contribution in [2.24, 2.45) is 17.6 Å². The Hall–Kier alpha value is -0.650. The molecular weight excluding hydrogens is 208 g/mol. The largest absolute Gasteiger partial charge is 0.382 e. The van der Waals surface area contributed by atoms with Crippen LogP contribution in [0.2, 0.25) is 0 Å². The molecule has 0 aromatic rings. The molecule has 1 aliphatic carbocycles. The lowest BCUT2D eigenvalue weighted by Crippen LogP contribution is -2.39. The molecule has 2 unspecified atom stereocenters. The lowest BCUT2D eigenvalue weighted by Gasteiger charge is -2.29. The summed E-state index contributed by atoms with van der Waals surface area (Å²) in [6.07, 6.45) is 4.25. The quantitative estimate of drug-likeness (QED) is 0.513. The summed E-state index contributed by atoms with van der Waals surface area (Å²) < 4.78 is 4.82. The van der Waals surface area contributed by atoms with Gasteiger partial charge in [-0.3, -0.25) is 9.63 Å². The van der Waals surface area contributed by atoms with Crippen molar-refractivity contribution in [2.75, 3.05) is 26.9 Å². The van der Waals surface area contributed by atoms with Crippen LogP contribution in [-0.4, -0.2) is 32.8 Å². The fourth-order valence-electron chi connectivity index (χ4n) is 2.16. The third-order valence-corrected chi connectivity index (χ3v) is 3.11. The predicted molar refractivity (Wildman–Crippen MR) is 60.5 cm³/mol. The van der Waals surface area contributed by atoms with E-state index in [0.29, 0.717) is 25.7 Å². The van der Waals surface area contributed by atoms with E-state index >= 15 is 0 Å². The summed E-state index contributed by atoms with van der Waals surface area (Å²) in [6, 6.07) is 0. The molecule has 5 nitrogen and oxygen atoms in total. The zero-order valence-corrected chi connectivity index (χ0v) is 9.91. The van der Waals surface area contributed by atoms with Crippen LogP contribution < -0.4 is 11.2 Å². The molecule has 0 spiro atoms. The van der Waals surface area contributed by atoms with E-state index in [1.54, 1.807) is 7.11 Å². The maximum atomic E-state index is 11.8. The molecule has 0 aromatic carbocycles. The van der Waals surface area contributed by atoms with Gasteiger partial charge in [-0.2, -0.15) is 0 Å². The van der Waals surface area contributed by atoms with Crippen LogP contribution in [0.4, 0.5) is 0 Å². The summed E-state index contributed by atoms with van der Waals surface area (Å²) in [6.45, 7) is 1.43. The number of rotatable bonds is 6. The third-order valence-electron chi connectivity index (χ3n) is 3.11. The first-order valence-electron chi connectivity index (χ1n) is 5.90. The van der Waals surface area contributed by atoms with Crippen molar-refractivity contribution in [1.29, 1.82) is 0 Å².